The quantitative estimate of drug-likeness (QED) is 0.441. The number of carbonyl (C=O) groups is 1. The summed E-state index contributed by atoms with van der Waals surface area (Å²) in [4.78, 5) is 24.4. The summed E-state index contributed by atoms with van der Waals surface area (Å²) >= 11 is 0. The van der Waals surface area contributed by atoms with Crippen molar-refractivity contribution in [1.82, 2.24) is 4.57 Å². The Labute approximate surface area is 165 Å². The lowest BCUT2D eigenvalue weighted by Crippen LogP contribution is -2.22. The number of carbonyl (C=O) groups excluding carboxylic acids is 1. The van der Waals surface area contributed by atoms with Gasteiger partial charge in [-0.25, -0.2) is 0 Å². The first-order chi connectivity index (χ1) is 13.2. The molecule has 2 aromatic rings. The number of ether oxygens (including phenoxy) is 2. The maximum Gasteiger partial charge on any atom is 0.308 e. The summed E-state index contributed by atoms with van der Waals surface area (Å²) in [6, 6.07) is 5.08. The number of esters is 1. The standard InChI is InChI=1S/C22H28N2O4/c1-14(2)7-6-8-15(3)11-12-27-21-20(28-16(4)25)18-10-9-17(23)13-19(18)24(5)22(21)26/h7,9-11,13H,6,8,12,23H2,1-5H3/b15-11+. The lowest BCUT2D eigenvalue weighted by molar-refractivity contribution is -0.131. The molecule has 0 aliphatic rings. The Bertz CT molecular complexity index is 996. The molecular formula is C22H28N2O4. The first-order valence-electron chi connectivity index (χ1n) is 9.23. The highest BCUT2D eigenvalue weighted by molar-refractivity contribution is 5.92. The molecule has 1 heterocycles. The summed E-state index contributed by atoms with van der Waals surface area (Å²) in [5, 5.41) is 0.589. The largest absolute Gasteiger partial charge is 0.481 e. The molecule has 0 spiro atoms. The molecule has 2 N–H and O–H groups in total. The normalized spacial score (nSPS) is 11.4. The lowest BCUT2D eigenvalue weighted by atomic mass is 10.1. The maximum atomic E-state index is 12.8. The summed E-state index contributed by atoms with van der Waals surface area (Å²) in [7, 11) is 1.63. The Hall–Kier alpha value is -3.02. The van der Waals surface area contributed by atoms with Crippen molar-refractivity contribution >= 4 is 22.6 Å². The van der Waals surface area contributed by atoms with Gasteiger partial charge in [-0.1, -0.05) is 17.2 Å². The van der Waals surface area contributed by atoms with Gasteiger partial charge in [0.25, 0.3) is 5.56 Å². The lowest BCUT2D eigenvalue weighted by Gasteiger charge is -2.15. The highest BCUT2D eigenvalue weighted by atomic mass is 16.6. The van der Waals surface area contributed by atoms with E-state index in [2.05, 4.69) is 19.9 Å². The van der Waals surface area contributed by atoms with E-state index in [1.54, 1.807) is 25.2 Å². The predicted octanol–water partition coefficient (Wildman–Crippen LogP) is 4.12. The summed E-state index contributed by atoms with van der Waals surface area (Å²) in [6.45, 7) is 7.67. The molecule has 0 amide bonds. The highest BCUT2D eigenvalue weighted by Crippen LogP contribution is 2.33. The second-order valence-electron chi connectivity index (χ2n) is 7.07. The van der Waals surface area contributed by atoms with Gasteiger partial charge in [-0.3, -0.25) is 9.59 Å². The average molecular weight is 384 g/mol. The van der Waals surface area contributed by atoms with Gasteiger partial charge >= 0.3 is 5.97 Å². The van der Waals surface area contributed by atoms with Crippen LogP contribution in [0.4, 0.5) is 5.69 Å². The van der Waals surface area contributed by atoms with Gasteiger partial charge in [0.15, 0.2) is 5.75 Å². The molecule has 0 radical (unpaired) electrons. The number of hydrogen-bond acceptors (Lipinski definition) is 5. The van der Waals surface area contributed by atoms with Crippen LogP contribution in [0.25, 0.3) is 10.9 Å². The van der Waals surface area contributed by atoms with Crippen LogP contribution in [0.3, 0.4) is 0 Å². The third-order valence-corrected chi connectivity index (χ3v) is 4.33. The van der Waals surface area contributed by atoms with Crippen molar-refractivity contribution in [3.63, 3.8) is 0 Å². The molecule has 0 saturated heterocycles. The van der Waals surface area contributed by atoms with E-state index < -0.39 is 5.97 Å². The van der Waals surface area contributed by atoms with Gasteiger partial charge in [0.1, 0.15) is 6.61 Å². The van der Waals surface area contributed by atoms with Gasteiger partial charge in [0.05, 0.1) is 5.52 Å². The van der Waals surface area contributed by atoms with Crippen molar-refractivity contribution in [1.29, 1.82) is 0 Å². The number of nitrogen functional groups attached to an aromatic ring is 1. The number of nitrogens with zero attached hydrogens (tertiary/aromatic N) is 1. The van der Waals surface area contributed by atoms with Crippen molar-refractivity contribution in [2.45, 2.75) is 40.5 Å². The fourth-order valence-electron chi connectivity index (χ4n) is 2.83. The van der Waals surface area contributed by atoms with E-state index in [1.165, 1.54) is 17.1 Å². The Balaban J connectivity index is 2.36. The van der Waals surface area contributed by atoms with Crippen molar-refractivity contribution in [2.75, 3.05) is 12.3 Å². The van der Waals surface area contributed by atoms with Gasteiger partial charge < -0.3 is 19.8 Å². The molecule has 0 aliphatic heterocycles. The number of hydrogen-bond donors (Lipinski definition) is 1. The van der Waals surface area contributed by atoms with E-state index >= 15 is 0 Å². The molecule has 0 atom stereocenters. The SMILES string of the molecule is CC(=O)Oc1c(OC/C=C(\C)CCC=C(C)C)c(=O)n(C)c2cc(N)ccc12. The maximum absolute atomic E-state index is 12.8. The van der Waals surface area contributed by atoms with Gasteiger partial charge in [0, 0.05) is 25.0 Å². The fourth-order valence-corrected chi connectivity index (χ4v) is 2.83. The smallest absolute Gasteiger partial charge is 0.308 e. The van der Waals surface area contributed by atoms with Crippen LogP contribution in [-0.2, 0) is 11.8 Å². The van der Waals surface area contributed by atoms with Crippen molar-refractivity contribution < 1.29 is 14.3 Å². The number of aryl methyl sites for hydroxylation is 1. The Morgan fingerprint density at radius 3 is 2.50 bits per heavy atom. The number of nitrogens with two attached hydrogens (primary N) is 1. The molecule has 28 heavy (non-hydrogen) atoms. The summed E-state index contributed by atoms with van der Waals surface area (Å²) < 4.78 is 12.5. The van der Waals surface area contributed by atoms with Crippen LogP contribution in [0.1, 0.15) is 40.5 Å². The van der Waals surface area contributed by atoms with Crippen LogP contribution < -0.4 is 20.8 Å². The molecule has 1 aromatic carbocycles. The Kier molecular flexibility index (Phi) is 7.04. The average Bonchev–Trinajstić information content (AvgIpc) is 2.61. The van der Waals surface area contributed by atoms with Crippen LogP contribution in [0, 0.1) is 0 Å². The Morgan fingerprint density at radius 1 is 1.14 bits per heavy atom. The zero-order valence-corrected chi connectivity index (χ0v) is 17.2. The number of pyridine rings is 1. The Morgan fingerprint density at radius 2 is 1.86 bits per heavy atom. The molecular weight excluding hydrogens is 356 g/mol. The minimum absolute atomic E-state index is 0.0170. The van der Waals surface area contributed by atoms with Crippen molar-refractivity contribution in [3.05, 3.63) is 51.9 Å². The number of anilines is 1. The van der Waals surface area contributed by atoms with Gasteiger partial charge in [-0.05, 0) is 57.9 Å². The van der Waals surface area contributed by atoms with Crippen LogP contribution in [0.5, 0.6) is 11.5 Å². The molecule has 150 valence electrons. The number of allylic oxidation sites excluding steroid dienone is 3. The summed E-state index contributed by atoms with van der Waals surface area (Å²) in [6.07, 6.45) is 5.99. The first kappa shape index (κ1) is 21.3. The van der Waals surface area contributed by atoms with Gasteiger partial charge in [0.2, 0.25) is 5.75 Å². The summed E-state index contributed by atoms with van der Waals surface area (Å²) in [5.74, 6) is -0.380. The zero-order valence-electron chi connectivity index (χ0n) is 17.2. The molecule has 0 unspecified atom stereocenters. The van der Waals surface area contributed by atoms with E-state index in [9.17, 15) is 9.59 Å². The van der Waals surface area contributed by atoms with Crippen LogP contribution in [0.2, 0.25) is 0 Å². The molecule has 0 bridgehead atoms. The zero-order chi connectivity index (χ0) is 20.8. The molecule has 2 rings (SSSR count). The summed E-state index contributed by atoms with van der Waals surface area (Å²) in [5.41, 5.74) is 8.99. The fraction of sp³-hybridized carbons (Fsp3) is 0.364. The van der Waals surface area contributed by atoms with Gasteiger partial charge in [-0.15, -0.1) is 0 Å². The molecule has 1 aromatic heterocycles. The van der Waals surface area contributed by atoms with Crippen molar-refractivity contribution in [2.24, 2.45) is 7.05 Å². The van der Waals surface area contributed by atoms with Gasteiger partial charge in [-0.2, -0.15) is 0 Å². The first-order valence-corrected chi connectivity index (χ1v) is 9.23. The third-order valence-electron chi connectivity index (χ3n) is 4.33. The van der Waals surface area contributed by atoms with E-state index in [4.69, 9.17) is 15.2 Å². The molecule has 6 heteroatoms. The topological polar surface area (TPSA) is 83.5 Å². The van der Waals surface area contributed by atoms with Crippen molar-refractivity contribution in [3.8, 4) is 11.5 Å². The van der Waals surface area contributed by atoms with Crippen LogP contribution >= 0.6 is 0 Å². The predicted molar refractivity (Wildman–Crippen MR) is 113 cm³/mol. The molecule has 0 saturated carbocycles. The minimum atomic E-state index is -0.523. The molecule has 0 aliphatic carbocycles. The van der Waals surface area contributed by atoms with E-state index in [0.717, 1.165) is 18.4 Å². The van der Waals surface area contributed by atoms with Crippen LogP contribution in [-0.4, -0.2) is 17.1 Å². The molecule has 0 fully saturated rings. The minimum Gasteiger partial charge on any atom is -0.481 e. The monoisotopic (exact) mass is 384 g/mol. The van der Waals surface area contributed by atoms with E-state index in [0.29, 0.717) is 16.6 Å². The number of rotatable bonds is 7. The highest BCUT2D eigenvalue weighted by Gasteiger charge is 2.19. The van der Waals surface area contributed by atoms with Crippen LogP contribution in [0.15, 0.2) is 46.3 Å². The number of fused-ring (bicyclic) bond motifs is 1. The van der Waals surface area contributed by atoms with E-state index in [-0.39, 0.29) is 23.7 Å². The third kappa shape index (κ3) is 5.25. The second-order valence-corrected chi connectivity index (χ2v) is 7.07. The number of aromatic nitrogens is 1. The van der Waals surface area contributed by atoms with E-state index in [1.807, 2.05) is 13.0 Å². The second kappa shape index (κ2) is 9.26. The number of benzene rings is 1. The molecule has 6 nitrogen and oxygen atoms in total.